The minimum Gasteiger partial charge on any atom is -0.474 e. The Labute approximate surface area is 250 Å². The summed E-state index contributed by atoms with van der Waals surface area (Å²) >= 11 is 3.78. The number of unbranched alkanes of at least 4 members (excludes halogenated alkanes) is 6. The van der Waals surface area contributed by atoms with Gasteiger partial charge in [-0.05, 0) is 19.2 Å². The van der Waals surface area contributed by atoms with Crippen LogP contribution in [-0.4, -0.2) is 31.7 Å². The Kier molecular flexibility index (Phi) is 52.9. The van der Waals surface area contributed by atoms with Gasteiger partial charge in [0.15, 0.2) is 0 Å². The quantitative estimate of drug-likeness (QED) is 0.0546. The number of carbonyl (C=O) groups excluding carboxylic acids is 1. The molecule has 0 fully saturated rings. The molecule has 7 heteroatoms. The third kappa shape index (κ3) is 38.7. The predicted molar refractivity (Wildman–Crippen MR) is 159 cm³/mol. The maximum Gasteiger partial charge on any atom is 2.00 e. The first-order valence-electron chi connectivity index (χ1n) is 13.5. The van der Waals surface area contributed by atoms with Crippen LogP contribution in [0.4, 0.5) is 4.79 Å². The van der Waals surface area contributed by atoms with Gasteiger partial charge in [0.2, 0.25) is 5.87 Å². The summed E-state index contributed by atoms with van der Waals surface area (Å²) in [5, 5.41) is 6.96. The maximum absolute atomic E-state index is 11.1. The monoisotopic (exact) mass is 733 g/mol. The van der Waals surface area contributed by atoms with Crippen molar-refractivity contribution in [2.24, 2.45) is 10.3 Å². The fraction of sp³-hybridized carbons (Fsp3) is 0.786. The molecular weight excluding hydrogens is 677 g/mol. The van der Waals surface area contributed by atoms with Crippen LogP contribution in [0, 0.1) is 49.4 Å². The smallest absolute Gasteiger partial charge is 0.474 e. The van der Waals surface area contributed by atoms with Crippen LogP contribution >= 0.6 is 12.8 Å². The minimum atomic E-state index is -0.151. The van der Waals surface area contributed by atoms with Crippen molar-refractivity contribution < 1.29 is 40.6 Å². The molecule has 0 aliphatic rings. The van der Waals surface area contributed by atoms with Crippen molar-refractivity contribution in [2.45, 2.75) is 132 Å². The number of hydrogen-bond acceptors (Lipinski definition) is 5. The van der Waals surface area contributed by atoms with Crippen LogP contribution in [-0.2, 0) is 4.74 Å². The van der Waals surface area contributed by atoms with Crippen LogP contribution in [0.3, 0.4) is 0 Å². The summed E-state index contributed by atoms with van der Waals surface area (Å²) in [5.41, 5.74) is 1.61. The number of hydrogen-bond donors (Lipinski definition) is 2. The van der Waals surface area contributed by atoms with Crippen molar-refractivity contribution in [1.29, 1.82) is 5.41 Å². The molecule has 0 amide bonds. The number of rotatable bonds is 16. The SMILES string of the molecule is CC.CCC/C=C(CC)/C([C-]=N)=N/S.CCCCCOC(=O)[B]CC(C)CC.[CH2-]CCCCC.[U+2]. The van der Waals surface area contributed by atoms with Gasteiger partial charge in [0, 0.05) is 0 Å². The fourth-order valence-electron chi connectivity index (χ4n) is 2.37. The largest absolute Gasteiger partial charge is 2.00 e. The molecule has 0 aromatic rings. The number of nitrogens with zero attached hydrogens (tertiary/aromatic N) is 1. The summed E-state index contributed by atoms with van der Waals surface area (Å²) in [5.74, 6) is 0.430. The first-order valence-corrected chi connectivity index (χ1v) is 13.9. The number of ether oxygens (including phenoxy) is 1. The number of carbonyl (C=O) groups is 1. The summed E-state index contributed by atoms with van der Waals surface area (Å²) < 4.78 is 8.72. The molecule has 0 saturated heterocycles. The fourth-order valence-corrected chi connectivity index (χ4v) is 2.55. The second kappa shape index (κ2) is 41.2. The van der Waals surface area contributed by atoms with Gasteiger partial charge in [-0.2, -0.15) is 18.1 Å². The zero-order valence-electron chi connectivity index (χ0n) is 24.3. The van der Waals surface area contributed by atoms with Crippen LogP contribution in [0.5, 0.6) is 0 Å². The van der Waals surface area contributed by atoms with E-state index in [-0.39, 0.29) is 37.0 Å². The summed E-state index contributed by atoms with van der Waals surface area (Å²) in [7, 11) is 1.67. The zero-order chi connectivity index (χ0) is 27.0. The van der Waals surface area contributed by atoms with Crippen molar-refractivity contribution >= 4 is 37.9 Å². The molecule has 203 valence electrons. The van der Waals surface area contributed by atoms with Gasteiger partial charge in [0.1, 0.15) is 0 Å². The van der Waals surface area contributed by atoms with Crippen molar-refractivity contribution in [3.8, 4) is 0 Å². The third-order valence-electron chi connectivity index (χ3n) is 4.81. The minimum absolute atomic E-state index is 0. The van der Waals surface area contributed by atoms with Gasteiger partial charge in [-0.25, -0.2) is 0 Å². The van der Waals surface area contributed by atoms with Crippen LogP contribution in [0.15, 0.2) is 16.0 Å². The Balaban J connectivity index is -0.000000130. The molecule has 4 nitrogen and oxygen atoms in total. The molecule has 1 radical (unpaired) electrons. The standard InChI is InChI=1S/C11H22BO2.C9H15N2S.C6H13.C2H6.U/c1-4-6-7-8-14-11(13)12-9-10(3)5-2;1-3-5-6-8(4-2)9(7-10)11-12;1-3-5-6-4-2;1-2;/h10H,4-9H2,1-3H3;6,10,12H,3-5H2,1-2H3;1,3-6H2,2H3;1-2H3;/q;2*-1;;+2/b;8-6+,11-9+;;;. The second-order valence-corrected chi connectivity index (χ2v) is 8.03. The Morgan fingerprint density at radius 1 is 1.09 bits per heavy atom. The second-order valence-electron chi connectivity index (χ2n) is 7.83. The Bertz CT molecular complexity index is 486. The summed E-state index contributed by atoms with van der Waals surface area (Å²) in [4.78, 5) is 11.1. The van der Waals surface area contributed by atoms with Gasteiger partial charge in [-0.15, -0.1) is 6.21 Å². The summed E-state index contributed by atoms with van der Waals surface area (Å²) in [6.45, 7) is 21.1. The average Bonchev–Trinajstić information content (AvgIpc) is 2.88. The number of thiol groups is 1. The van der Waals surface area contributed by atoms with Gasteiger partial charge < -0.3 is 17.1 Å². The summed E-state index contributed by atoms with van der Waals surface area (Å²) in [6, 6.07) is 0. The van der Waals surface area contributed by atoms with Gasteiger partial charge in [0.05, 0.1) is 6.61 Å². The molecule has 35 heavy (non-hydrogen) atoms. The van der Waals surface area contributed by atoms with E-state index >= 15 is 0 Å². The van der Waals surface area contributed by atoms with E-state index in [1.165, 1.54) is 19.3 Å². The number of allylic oxidation sites excluding steroid dienone is 2. The van der Waals surface area contributed by atoms with E-state index in [0.717, 1.165) is 63.3 Å². The van der Waals surface area contributed by atoms with Crippen LogP contribution in [0.2, 0.25) is 6.32 Å². The van der Waals surface area contributed by atoms with Crippen molar-refractivity contribution in [3.63, 3.8) is 0 Å². The predicted octanol–water partition coefficient (Wildman–Crippen LogP) is 9.84. The molecule has 0 saturated carbocycles. The molecule has 1 unspecified atom stereocenters. The Morgan fingerprint density at radius 2 is 1.66 bits per heavy atom. The zero-order valence-corrected chi connectivity index (χ0v) is 29.4. The molecule has 0 aromatic heterocycles. The van der Waals surface area contributed by atoms with Gasteiger partial charge in [0.25, 0.3) is 7.28 Å². The van der Waals surface area contributed by atoms with Crippen molar-refractivity contribution in [3.05, 3.63) is 18.6 Å². The van der Waals surface area contributed by atoms with E-state index in [1.807, 2.05) is 20.8 Å². The van der Waals surface area contributed by atoms with Crippen LogP contribution in [0.1, 0.15) is 126 Å². The van der Waals surface area contributed by atoms with Crippen LogP contribution < -0.4 is 0 Å². The first kappa shape index (κ1) is 45.0. The normalized spacial score (nSPS) is 11.1. The van der Waals surface area contributed by atoms with Gasteiger partial charge in [-0.3, -0.25) is 9.19 Å². The molecule has 0 bridgehead atoms. The molecule has 1 N–H and O–H groups in total. The van der Waals surface area contributed by atoms with E-state index in [9.17, 15) is 4.79 Å². The summed E-state index contributed by atoms with van der Waals surface area (Å²) in [6.07, 6.45) is 17.7. The van der Waals surface area contributed by atoms with Crippen molar-refractivity contribution in [1.82, 2.24) is 0 Å². The van der Waals surface area contributed by atoms with E-state index in [2.05, 4.69) is 71.0 Å². The van der Waals surface area contributed by atoms with E-state index in [0.29, 0.717) is 18.2 Å². The topological polar surface area (TPSA) is 62.5 Å². The average molecular weight is 734 g/mol. The maximum atomic E-state index is 11.1. The molecule has 0 aromatic carbocycles. The molecule has 0 rings (SSSR count). The molecular formula is C28H56BN2O2SU. The van der Waals surface area contributed by atoms with E-state index < -0.39 is 0 Å². The Hall–Kier alpha value is 0.0169. The van der Waals surface area contributed by atoms with Gasteiger partial charge >= 0.3 is 31.1 Å². The van der Waals surface area contributed by atoms with Crippen LogP contribution in [0.25, 0.3) is 0 Å². The van der Waals surface area contributed by atoms with Gasteiger partial charge in [-0.1, -0.05) is 131 Å². The molecule has 1 atom stereocenters. The third-order valence-corrected chi connectivity index (χ3v) is 5.01. The molecule has 0 spiro atoms. The van der Waals surface area contributed by atoms with E-state index in [4.69, 9.17) is 10.1 Å². The van der Waals surface area contributed by atoms with Crippen molar-refractivity contribution in [2.75, 3.05) is 6.61 Å². The molecule has 0 aliphatic carbocycles. The first-order chi connectivity index (χ1) is 16.4. The Morgan fingerprint density at radius 3 is 2.03 bits per heavy atom. The molecule has 0 heterocycles. The van der Waals surface area contributed by atoms with E-state index in [1.54, 1.807) is 7.28 Å². The number of nitrogens with one attached hydrogen (secondary N) is 1. The molecule has 0 aliphatic heterocycles.